The van der Waals surface area contributed by atoms with Crippen LogP contribution in [-0.4, -0.2) is 26.1 Å². The molecular weight excluding hydrogens is 260 g/mol. The van der Waals surface area contributed by atoms with Gasteiger partial charge >= 0.3 is 5.97 Å². The maximum Gasteiger partial charge on any atom is 0.337 e. The number of carboxylic acids is 1. The van der Waals surface area contributed by atoms with Crippen molar-refractivity contribution in [2.75, 3.05) is 12.3 Å². The van der Waals surface area contributed by atoms with Crippen LogP contribution in [0.1, 0.15) is 23.7 Å². The molecule has 1 aromatic carbocycles. The van der Waals surface area contributed by atoms with Crippen LogP contribution in [0, 0.1) is 0 Å². The molecule has 0 unspecified atom stereocenters. The average molecular weight is 274 g/mol. The second kappa shape index (κ2) is 5.23. The van der Waals surface area contributed by atoms with E-state index in [0.717, 1.165) is 12.1 Å². The summed E-state index contributed by atoms with van der Waals surface area (Å²) in [5, 5.41) is 13.9. The van der Waals surface area contributed by atoms with Gasteiger partial charge in [-0.2, -0.15) is 0 Å². The molecule has 1 aromatic rings. The highest BCUT2D eigenvalue weighted by molar-refractivity contribution is 7.89. The van der Waals surface area contributed by atoms with Gasteiger partial charge in [-0.15, -0.1) is 0 Å². The summed E-state index contributed by atoms with van der Waals surface area (Å²) in [5.41, 5.74) is 5.10. The van der Waals surface area contributed by atoms with Gasteiger partial charge < -0.3 is 15.6 Å². The highest BCUT2D eigenvalue weighted by Gasteiger charge is 2.20. The van der Waals surface area contributed by atoms with Crippen molar-refractivity contribution < 1.29 is 23.1 Å². The first-order valence-electron chi connectivity index (χ1n) is 5.09. The van der Waals surface area contributed by atoms with Crippen LogP contribution in [0.2, 0.25) is 0 Å². The summed E-state index contributed by atoms with van der Waals surface area (Å²) < 4.78 is 27.9. The van der Waals surface area contributed by atoms with Gasteiger partial charge in [0.2, 0.25) is 10.0 Å². The van der Waals surface area contributed by atoms with E-state index >= 15 is 0 Å². The first-order chi connectivity index (χ1) is 8.27. The number of nitrogens with two attached hydrogens (primary N) is 2. The molecule has 100 valence electrons. The first-order valence-corrected chi connectivity index (χ1v) is 6.64. The molecule has 0 aromatic heterocycles. The van der Waals surface area contributed by atoms with Gasteiger partial charge in [-0.3, -0.25) is 0 Å². The molecule has 0 aliphatic heterocycles. The molecule has 0 aliphatic carbocycles. The topological polar surface area (TPSA) is 133 Å². The van der Waals surface area contributed by atoms with Crippen LogP contribution in [0.5, 0.6) is 5.75 Å². The zero-order chi connectivity index (χ0) is 13.9. The number of carboxylic acid groups (broad SMARTS) is 1. The van der Waals surface area contributed by atoms with Crippen molar-refractivity contribution in [2.24, 2.45) is 5.14 Å². The normalized spacial score (nSPS) is 11.2. The second-order valence-electron chi connectivity index (χ2n) is 3.58. The molecule has 0 saturated heterocycles. The predicted octanol–water partition coefficient (Wildman–Crippen LogP) is 0.403. The van der Waals surface area contributed by atoms with Gasteiger partial charge in [0.25, 0.3) is 0 Å². The highest BCUT2D eigenvalue weighted by atomic mass is 32.2. The molecule has 0 fully saturated rings. The van der Waals surface area contributed by atoms with Crippen LogP contribution >= 0.6 is 0 Å². The number of anilines is 1. The fraction of sp³-hybridized carbons (Fsp3) is 0.300. The van der Waals surface area contributed by atoms with Crippen molar-refractivity contribution in [3.05, 3.63) is 17.7 Å². The Kier molecular flexibility index (Phi) is 4.15. The Morgan fingerprint density at radius 1 is 1.44 bits per heavy atom. The van der Waals surface area contributed by atoms with Crippen molar-refractivity contribution in [1.82, 2.24) is 0 Å². The summed E-state index contributed by atoms with van der Waals surface area (Å²) in [6.45, 7) is 2.11. The van der Waals surface area contributed by atoms with E-state index in [4.69, 9.17) is 20.7 Å². The van der Waals surface area contributed by atoms with Gasteiger partial charge in [-0.05, 0) is 12.5 Å². The number of aromatic carboxylic acids is 1. The third-order valence-corrected chi connectivity index (χ3v) is 3.05. The number of hydrogen-bond donors (Lipinski definition) is 3. The lowest BCUT2D eigenvalue weighted by Crippen LogP contribution is -2.16. The molecule has 5 N–H and O–H groups in total. The van der Waals surface area contributed by atoms with Gasteiger partial charge in [0, 0.05) is 11.8 Å². The molecule has 0 heterocycles. The van der Waals surface area contributed by atoms with Crippen LogP contribution in [0.4, 0.5) is 5.69 Å². The zero-order valence-electron chi connectivity index (χ0n) is 9.71. The number of primary sulfonamides is 1. The Morgan fingerprint density at radius 2 is 2.06 bits per heavy atom. The van der Waals surface area contributed by atoms with Crippen molar-refractivity contribution in [2.45, 2.75) is 18.2 Å². The molecule has 18 heavy (non-hydrogen) atoms. The molecule has 1 rings (SSSR count). The molecule has 0 amide bonds. The van der Waals surface area contributed by atoms with E-state index in [2.05, 4.69) is 0 Å². The van der Waals surface area contributed by atoms with Crippen LogP contribution in [0.25, 0.3) is 0 Å². The average Bonchev–Trinajstić information content (AvgIpc) is 2.23. The Bertz CT molecular complexity index is 568. The van der Waals surface area contributed by atoms with Crippen molar-refractivity contribution in [3.8, 4) is 5.75 Å². The molecule has 0 radical (unpaired) electrons. The van der Waals surface area contributed by atoms with Crippen LogP contribution in [0.3, 0.4) is 0 Å². The molecule has 8 heteroatoms. The van der Waals surface area contributed by atoms with Crippen LogP contribution in [0.15, 0.2) is 17.0 Å². The fourth-order valence-electron chi connectivity index (χ4n) is 1.31. The molecule has 0 atom stereocenters. The lowest BCUT2D eigenvalue weighted by molar-refractivity contribution is 0.0697. The lowest BCUT2D eigenvalue weighted by Gasteiger charge is -2.12. The van der Waals surface area contributed by atoms with Crippen LogP contribution in [-0.2, 0) is 10.0 Å². The van der Waals surface area contributed by atoms with E-state index in [1.54, 1.807) is 0 Å². The van der Waals surface area contributed by atoms with Crippen molar-refractivity contribution >= 4 is 21.7 Å². The SMILES string of the molecule is CCCOc1cc(N)c(C(=O)O)cc1S(N)(=O)=O. The summed E-state index contributed by atoms with van der Waals surface area (Å²) in [5.74, 6) is -1.37. The highest BCUT2D eigenvalue weighted by Crippen LogP contribution is 2.28. The quantitative estimate of drug-likeness (QED) is 0.666. The number of sulfonamides is 1. The third-order valence-electron chi connectivity index (χ3n) is 2.11. The largest absolute Gasteiger partial charge is 0.492 e. The Morgan fingerprint density at radius 3 is 2.50 bits per heavy atom. The number of rotatable bonds is 5. The Balaban J connectivity index is 3.42. The van der Waals surface area contributed by atoms with E-state index in [1.165, 1.54) is 0 Å². The van der Waals surface area contributed by atoms with Crippen molar-refractivity contribution in [1.29, 1.82) is 0 Å². The number of nitrogen functional groups attached to an aromatic ring is 1. The number of benzene rings is 1. The maximum absolute atomic E-state index is 11.4. The summed E-state index contributed by atoms with van der Waals surface area (Å²) in [6, 6.07) is 2.05. The molecular formula is C10H14N2O5S. The zero-order valence-corrected chi connectivity index (χ0v) is 10.5. The third kappa shape index (κ3) is 3.11. The Labute approximate surface area is 104 Å². The minimum Gasteiger partial charge on any atom is -0.492 e. The van der Waals surface area contributed by atoms with E-state index in [1.807, 2.05) is 6.92 Å². The van der Waals surface area contributed by atoms with E-state index in [0.29, 0.717) is 6.42 Å². The predicted molar refractivity (Wildman–Crippen MR) is 65.0 cm³/mol. The summed E-state index contributed by atoms with van der Waals surface area (Å²) in [4.78, 5) is 10.5. The molecule has 0 spiro atoms. The smallest absolute Gasteiger partial charge is 0.337 e. The van der Waals surface area contributed by atoms with Gasteiger partial charge in [0.15, 0.2) is 0 Å². The molecule has 0 saturated carbocycles. The minimum absolute atomic E-state index is 0.0400. The van der Waals surface area contributed by atoms with Crippen molar-refractivity contribution in [3.63, 3.8) is 0 Å². The molecule has 0 bridgehead atoms. The van der Waals surface area contributed by atoms with E-state index in [-0.39, 0.29) is 28.5 Å². The summed E-state index contributed by atoms with van der Waals surface area (Å²) in [7, 11) is -4.08. The van der Waals surface area contributed by atoms with Crippen LogP contribution < -0.4 is 15.6 Å². The Hall–Kier alpha value is -1.80. The minimum atomic E-state index is -4.08. The van der Waals surface area contributed by atoms with Gasteiger partial charge in [-0.25, -0.2) is 18.4 Å². The first kappa shape index (κ1) is 14.3. The molecule has 0 aliphatic rings. The number of hydrogen-bond acceptors (Lipinski definition) is 5. The number of ether oxygens (including phenoxy) is 1. The van der Waals surface area contributed by atoms with Gasteiger partial charge in [0.1, 0.15) is 10.6 Å². The summed E-state index contributed by atoms with van der Waals surface area (Å²) in [6.07, 6.45) is 0.657. The number of carbonyl (C=O) groups is 1. The van der Waals surface area contributed by atoms with E-state index < -0.39 is 16.0 Å². The van der Waals surface area contributed by atoms with Gasteiger partial charge in [0.05, 0.1) is 12.2 Å². The van der Waals surface area contributed by atoms with Gasteiger partial charge in [-0.1, -0.05) is 6.92 Å². The molecule has 7 nitrogen and oxygen atoms in total. The van der Waals surface area contributed by atoms with E-state index in [9.17, 15) is 13.2 Å². The standard InChI is InChI=1S/C10H14N2O5S/c1-2-3-17-8-5-7(11)6(10(13)14)4-9(8)18(12,15)16/h4-5H,2-3,11H2,1H3,(H,13,14)(H2,12,15,16). The maximum atomic E-state index is 11.4. The lowest BCUT2D eigenvalue weighted by atomic mass is 10.2. The monoisotopic (exact) mass is 274 g/mol. The summed E-state index contributed by atoms with van der Waals surface area (Å²) >= 11 is 0. The fourth-order valence-corrected chi connectivity index (χ4v) is 1.99. The second-order valence-corrected chi connectivity index (χ2v) is 5.11.